The third kappa shape index (κ3) is 4.19. The highest BCUT2D eigenvalue weighted by atomic mass is 32.2. The van der Waals surface area contributed by atoms with E-state index in [1.54, 1.807) is 44.4 Å². The summed E-state index contributed by atoms with van der Waals surface area (Å²) < 4.78 is 6.76. The average Bonchev–Trinajstić information content (AvgIpc) is 3.20. The number of fused-ring (bicyclic) bond motifs is 1. The summed E-state index contributed by atoms with van der Waals surface area (Å²) in [5, 5.41) is 19.9. The van der Waals surface area contributed by atoms with Crippen LogP contribution in [0.3, 0.4) is 0 Å². The number of hydrogen-bond acceptors (Lipinski definition) is 9. The molecular weight excluding hydrogens is 432 g/mol. The Labute approximate surface area is 187 Å². The molecule has 1 N–H and O–H groups in total. The molecule has 0 spiro atoms. The maximum absolute atomic E-state index is 12.8. The summed E-state index contributed by atoms with van der Waals surface area (Å²) in [4.78, 5) is 32.7. The van der Waals surface area contributed by atoms with Crippen LogP contribution in [0.2, 0.25) is 0 Å². The molecule has 1 atom stereocenters. The zero-order chi connectivity index (χ0) is 22.7. The fraction of sp³-hybridized carbons (Fsp3) is 0.238. The van der Waals surface area contributed by atoms with Gasteiger partial charge in [-0.25, -0.2) is 9.48 Å². The van der Waals surface area contributed by atoms with Crippen LogP contribution >= 0.6 is 11.8 Å². The molecule has 10 nitrogen and oxygen atoms in total. The number of nitro groups is 1. The minimum absolute atomic E-state index is 0.111. The molecule has 0 saturated carbocycles. The minimum atomic E-state index is -0.854. The van der Waals surface area contributed by atoms with Crippen LogP contribution in [0, 0.1) is 10.1 Å². The van der Waals surface area contributed by atoms with E-state index in [2.05, 4.69) is 20.4 Å². The van der Waals surface area contributed by atoms with E-state index in [0.717, 1.165) is 5.56 Å². The van der Waals surface area contributed by atoms with Crippen molar-refractivity contribution < 1.29 is 14.5 Å². The fourth-order valence-electron chi connectivity index (χ4n) is 3.47. The van der Waals surface area contributed by atoms with E-state index in [1.807, 2.05) is 12.1 Å². The number of nitrogens with zero attached hydrogens (tertiary/aromatic N) is 5. The van der Waals surface area contributed by atoms with Gasteiger partial charge in [0.05, 0.1) is 22.7 Å². The number of ether oxygens (including phenoxy) is 1. The first-order valence-corrected chi connectivity index (χ1v) is 10.8. The van der Waals surface area contributed by atoms with Gasteiger partial charge in [0.25, 0.3) is 5.69 Å². The highest BCUT2D eigenvalue weighted by Crippen LogP contribution is 2.40. The van der Waals surface area contributed by atoms with E-state index in [0.29, 0.717) is 28.1 Å². The molecule has 164 valence electrons. The molecule has 1 aliphatic heterocycles. The minimum Gasteiger partial charge on any atom is -0.463 e. The molecule has 3 heterocycles. The van der Waals surface area contributed by atoms with Crippen LogP contribution in [0.1, 0.15) is 31.0 Å². The summed E-state index contributed by atoms with van der Waals surface area (Å²) in [7, 11) is 0. The number of nitrogens with one attached hydrogen (secondary N) is 1. The lowest BCUT2D eigenvalue weighted by molar-refractivity contribution is -0.385. The monoisotopic (exact) mass is 452 g/mol. The number of anilines is 1. The maximum atomic E-state index is 12.8. The Morgan fingerprint density at radius 2 is 2.12 bits per heavy atom. The molecule has 4 rings (SSSR count). The zero-order valence-electron chi connectivity index (χ0n) is 17.4. The summed E-state index contributed by atoms with van der Waals surface area (Å²) in [5.74, 6) is 0.434. The standard InChI is InChI=1S/C21H20N6O4S/c1-3-31-19(28)17-13(2)23-20-24-21(32-12-14-7-6-10-22-11-14)25-26(20)18(17)15-8-4-5-9-16(15)27(29)30/h4-11,18H,3,12H2,1-2H3,(H,23,24,25)/t18-/m0/s1. The second-order valence-electron chi connectivity index (χ2n) is 6.92. The number of allylic oxidation sites excluding steroid dienone is 1. The number of esters is 1. The van der Waals surface area contributed by atoms with Crippen molar-refractivity contribution in [1.29, 1.82) is 0 Å². The Morgan fingerprint density at radius 1 is 1.31 bits per heavy atom. The maximum Gasteiger partial charge on any atom is 0.338 e. The van der Waals surface area contributed by atoms with Gasteiger partial charge < -0.3 is 10.1 Å². The molecule has 0 saturated heterocycles. The third-order valence-corrected chi connectivity index (χ3v) is 5.76. The summed E-state index contributed by atoms with van der Waals surface area (Å²) >= 11 is 1.40. The molecular formula is C21H20N6O4S. The molecule has 3 aromatic rings. The first kappa shape index (κ1) is 21.5. The van der Waals surface area contributed by atoms with Gasteiger partial charge in [-0.1, -0.05) is 30.0 Å². The Kier molecular flexibility index (Phi) is 6.17. The topological polar surface area (TPSA) is 125 Å². The number of benzene rings is 1. The molecule has 0 unspecified atom stereocenters. The van der Waals surface area contributed by atoms with Gasteiger partial charge >= 0.3 is 5.97 Å². The summed E-state index contributed by atoms with van der Waals surface area (Å²) in [6, 6.07) is 9.25. The predicted octanol–water partition coefficient (Wildman–Crippen LogP) is 3.73. The van der Waals surface area contributed by atoms with E-state index in [-0.39, 0.29) is 17.9 Å². The second-order valence-corrected chi connectivity index (χ2v) is 7.86. The number of pyridine rings is 1. The molecule has 0 radical (unpaired) electrons. The largest absolute Gasteiger partial charge is 0.463 e. The first-order valence-electron chi connectivity index (χ1n) is 9.86. The quantitative estimate of drug-likeness (QED) is 0.247. The Balaban J connectivity index is 1.77. The smallest absolute Gasteiger partial charge is 0.338 e. The van der Waals surface area contributed by atoms with Crippen molar-refractivity contribution in [3.05, 3.63) is 81.3 Å². The van der Waals surface area contributed by atoms with E-state index in [1.165, 1.54) is 22.5 Å². The predicted molar refractivity (Wildman–Crippen MR) is 118 cm³/mol. The lowest BCUT2D eigenvalue weighted by Gasteiger charge is -2.27. The average molecular weight is 452 g/mol. The van der Waals surface area contributed by atoms with Crippen molar-refractivity contribution >= 4 is 29.4 Å². The Bertz CT molecular complexity index is 1190. The normalized spacial score (nSPS) is 15.1. The van der Waals surface area contributed by atoms with Gasteiger partial charge in [-0.3, -0.25) is 15.1 Å². The number of rotatable bonds is 7. The SMILES string of the molecule is CCOC(=O)C1=C(C)Nc2nc(SCc3cccnc3)nn2[C@H]1c1ccccc1[N+](=O)[O-]. The molecule has 0 fully saturated rings. The molecule has 1 aliphatic rings. The van der Waals surface area contributed by atoms with Gasteiger partial charge in [0.2, 0.25) is 11.1 Å². The second kappa shape index (κ2) is 9.18. The molecule has 2 aromatic heterocycles. The van der Waals surface area contributed by atoms with Crippen LogP contribution in [0.5, 0.6) is 0 Å². The molecule has 11 heteroatoms. The lowest BCUT2D eigenvalue weighted by Crippen LogP contribution is -2.30. The van der Waals surface area contributed by atoms with Crippen molar-refractivity contribution in [1.82, 2.24) is 19.7 Å². The summed E-state index contributed by atoms with van der Waals surface area (Å²) in [5.41, 5.74) is 1.99. The van der Waals surface area contributed by atoms with Crippen molar-refractivity contribution in [3.8, 4) is 0 Å². The summed E-state index contributed by atoms with van der Waals surface area (Å²) in [6.07, 6.45) is 3.47. The number of para-hydroxylation sites is 1. The number of carbonyl (C=O) groups excluding carboxylic acids is 1. The van der Waals surface area contributed by atoms with Crippen molar-refractivity contribution in [2.24, 2.45) is 0 Å². The van der Waals surface area contributed by atoms with Crippen LogP contribution < -0.4 is 5.32 Å². The Hall–Kier alpha value is -3.73. The highest BCUT2D eigenvalue weighted by molar-refractivity contribution is 7.98. The number of hydrogen-bond donors (Lipinski definition) is 1. The highest BCUT2D eigenvalue weighted by Gasteiger charge is 2.38. The van der Waals surface area contributed by atoms with Gasteiger partial charge in [0, 0.05) is 29.9 Å². The van der Waals surface area contributed by atoms with Crippen molar-refractivity contribution in [3.63, 3.8) is 0 Å². The molecule has 0 aliphatic carbocycles. The van der Waals surface area contributed by atoms with Gasteiger partial charge in [0.1, 0.15) is 6.04 Å². The van der Waals surface area contributed by atoms with Gasteiger partial charge in [-0.05, 0) is 31.5 Å². The van der Waals surface area contributed by atoms with Crippen LogP contribution in [-0.4, -0.2) is 37.2 Å². The van der Waals surface area contributed by atoms with Gasteiger partial charge in [0.15, 0.2) is 0 Å². The van der Waals surface area contributed by atoms with Crippen LogP contribution in [0.15, 0.2) is 65.2 Å². The van der Waals surface area contributed by atoms with E-state index in [9.17, 15) is 14.9 Å². The van der Waals surface area contributed by atoms with Gasteiger partial charge in [-0.2, -0.15) is 4.98 Å². The van der Waals surface area contributed by atoms with E-state index in [4.69, 9.17) is 4.74 Å². The van der Waals surface area contributed by atoms with Crippen molar-refractivity contribution in [2.45, 2.75) is 30.8 Å². The number of nitro benzene ring substituents is 1. The molecule has 1 aromatic carbocycles. The first-order chi connectivity index (χ1) is 15.5. The van der Waals surface area contributed by atoms with Crippen LogP contribution in [0.4, 0.5) is 11.6 Å². The molecule has 32 heavy (non-hydrogen) atoms. The summed E-state index contributed by atoms with van der Waals surface area (Å²) in [6.45, 7) is 3.60. The zero-order valence-corrected chi connectivity index (χ0v) is 18.2. The number of carbonyl (C=O) groups is 1. The number of aromatic nitrogens is 4. The van der Waals surface area contributed by atoms with Crippen molar-refractivity contribution in [2.75, 3.05) is 11.9 Å². The Morgan fingerprint density at radius 3 is 2.84 bits per heavy atom. The van der Waals surface area contributed by atoms with E-state index >= 15 is 0 Å². The third-order valence-electron chi connectivity index (χ3n) is 4.85. The van der Waals surface area contributed by atoms with Crippen LogP contribution in [0.25, 0.3) is 0 Å². The fourth-order valence-corrected chi connectivity index (χ4v) is 4.23. The lowest BCUT2D eigenvalue weighted by atomic mass is 9.94. The van der Waals surface area contributed by atoms with Gasteiger partial charge in [-0.15, -0.1) is 5.10 Å². The number of thioether (sulfide) groups is 1. The molecule has 0 amide bonds. The molecule has 0 bridgehead atoms. The van der Waals surface area contributed by atoms with E-state index < -0.39 is 16.9 Å². The van der Waals surface area contributed by atoms with Crippen LogP contribution in [-0.2, 0) is 15.3 Å².